The fourth-order valence-corrected chi connectivity index (χ4v) is 5.34. The van der Waals surface area contributed by atoms with Crippen molar-refractivity contribution in [2.24, 2.45) is 22.2 Å². The van der Waals surface area contributed by atoms with Gasteiger partial charge < -0.3 is 20.3 Å². The Morgan fingerprint density at radius 2 is 1.92 bits per heavy atom. The summed E-state index contributed by atoms with van der Waals surface area (Å²) < 4.78 is 7.42. The summed E-state index contributed by atoms with van der Waals surface area (Å²) in [5, 5.41) is 34.0. The van der Waals surface area contributed by atoms with Gasteiger partial charge in [0.1, 0.15) is 18.5 Å². The summed E-state index contributed by atoms with van der Waals surface area (Å²) in [6.45, 7) is 10.3. The first-order valence-corrected chi connectivity index (χ1v) is 13.6. The Balaban J connectivity index is 1.35. The summed E-state index contributed by atoms with van der Waals surface area (Å²) in [6.07, 6.45) is 6.33. The van der Waals surface area contributed by atoms with E-state index in [0.29, 0.717) is 17.7 Å². The van der Waals surface area contributed by atoms with E-state index in [1.54, 1.807) is 9.58 Å². The number of aliphatic imine (C=N–C) groups is 1. The van der Waals surface area contributed by atoms with E-state index in [1.165, 1.54) is 6.26 Å². The number of ether oxygens (including phenoxy) is 1. The van der Waals surface area contributed by atoms with E-state index < -0.39 is 30.5 Å². The Kier molecular flexibility index (Phi) is 7.04. The predicted molar refractivity (Wildman–Crippen MR) is 137 cm³/mol. The van der Waals surface area contributed by atoms with Gasteiger partial charge in [0.2, 0.25) is 11.8 Å². The molecule has 10 heteroatoms. The maximum atomic E-state index is 13.6. The van der Waals surface area contributed by atoms with Crippen molar-refractivity contribution >= 4 is 11.8 Å². The molecule has 3 heterocycles. The van der Waals surface area contributed by atoms with Crippen LogP contribution in [0.15, 0.2) is 28.9 Å². The molecule has 1 amide bonds. The van der Waals surface area contributed by atoms with Gasteiger partial charge in [-0.05, 0) is 43.4 Å². The molecule has 5 unspecified atom stereocenters. The van der Waals surface area contributed by atoms with Crippen LogP contribution in [0.2, 0.25) is 0 Å². The second kappa shape index (κ2) is 9.98. The van der Waals surface area contributed by atoms with Gasteiger partial charge in [-0.2, -0.15) is 0 Å². The first-order chi connectivity index (χ1) is 17.5. The van der Waals surface area contributed by atoms with Crippen molar-refractivity contribution in [2.45, 2.75) is 103 Å². The minimum Gasteiger partial charge on any atom is -0.440 e. The van der Waals surface area contributed by atoms with Crippen LogP contribution in [0.3, 0.4) is 0 Å². The number of carbonyl (C=O) groups is 1. The molecule has 2 saturated carbocycles. The van der Waals surface area contributed by atoms with Crippen LogP contribution in [0.4, 0.5) is 0 Å². The van der Waals surface area contributed by atoms with Gasteiger partial charge in [-0.1, -0.05) is 45.6 Å². The van der Waals surface area contributed by atoms with E-state index in [9.17, 15) is 15.0 Å². The molecular weight excluding hydrogens is 472 g/mol. The predicted octanol–water partition coefficient (Wildman–Crippen LogP) is 2.47. The average Bonchev–Trinajstić information content (AvgIpc) is 3.77. The molecule has 3 fully saturated rings. The van der Waals surface area contributed by atoms with Gasteiger partial charge in [0.25, 0.3) is 0 Å². The Bertz CT molecular complexity index is 1110. The number of β-amino-alcohol motifs (C(OH)–C–C–N with tert-alkyl or cyclic N) is 1. The zero-order valence-corrected chi connectivity index (χ0v) is 22.5. The van der Waals surface area contributed by atoms with Crippen molar-refractivity contribution in [3.63, 3.8) is 0 Å². The first kappa shape index (κ1) is 26.1. The van der Waals surface area contributed by atoms with Gasteiger partial charge in [0, 0.05) is 24.6 Å². The molecular formula is C27H40N6O4. The van der Waals surface area contributed by atoms with Crippen LogP contribution in [-0.2, 0) is 9.53 Å². The minimum atomic E-state index is -1.05. The molecule has 0 bridgehead atoms. The average molecular weight is 513 g/mol. The highest BCUT2D eigenvalue weighted by Gasteiger charge is 2.46. The van der Waals surface area contributed by atoms with Gasteiger partial charge in [-0.25, -0.2) is 9.67 Å². The number of hydrogen-bond acceptors (Lipinski definition) is 8. The number of likely N-dealkylation sites (tertiary alicyclic amines) is 1. The molecule has 10 nitrogen and oxygen atoms in total. The van der Waals surface area contributed by atoms with Crippen LogP contribution in [0.5, 0.6) is 0 Å². The number of nitrogens with zero attached hydrogens (tertiary/aromatic N) is 5. The van der Waals surface area contributed by atoms with Gasteiger partial charge >= 0.3 is 0 Å². The number of rotatable bonds is 9. The normalized spacial score (nSPS) is 26.9. The SMILES string of the molecule is CC(C)C(NC(=O)C1CC(O)CN1C(O)C(n1cc(C2CC2)nn1)C(C)(C)C)C1=NC(C2CC2)=C=CO1. The molecule has 1 saturated heterocycles. The highest BCUT2D eigenvalue weighted by atomic mass is 16.5. The van der Waals surface area contributed by atoms with Crippen LogP contribution >= 0.6 is 0 Å². The monoisotopic (exact) mass is 512 g/mol. The van der Waals surface area contributed by atoms with Gasteiger partial charge in [0.05, 0.1) is 29.6 Å². The lowest BCUT2D eigenvalue weighted by Crippen LogP contribution is -2.56. The Hall–Kier alpha value is -2.52. The van der Waals surface area contributed by atoms with Crippen molar-refractivity contribution in [3.05, 3.63) is 29.6 Å². The summed E-state index contributed by atoms with van der Waals surface area (Å²) in [4.78, 5) is 20.0. The lowest BCUT2D eigenvalue weighted by molar-refractivity contribution is -0.134. The van der Waals surface area contributed by atoms with E-state index >= 15 is 0 Å². The Morgan fingerprint density at radius 3 is 2.54 bits per heavy atom. The number of nitrogens with one attached hydrogen (secondary N) is 1. The van der Waals surface area contributed by atoms with Gasteiger partial charge in [-0.3, -0.25) is 9.69 Å². The molecule has 4 aliphatic rings. The molecule has 0 spiro atoms. The van der Waals surface area contributed by atoms with Crippen LogP contribution in [0.25, 0.3) is 0 Å². The maximum Gasteiger partial charge on any atom is 0.238 e. The quantitative estimate of drug-likeness (QED) is 0.434. The molecule has 2 aliphatic heterocycles. The highest BCUT2D eigenvalue weighted by molar-refractivity contribution is 5.91. The number of allylic oxidation sites excluding steroid dienone is 1. The first-order valence-electron chi connectivity index (χ1n) is 13.6. The topological polar surface area (TPSA) is 125 Å². The van der Waals surface area contributed by atoms with Crippen LogP contribution in [0.1, 0.15) is 84.4 Å². The lowest BCUT2D eigenvalue weighted by atomic mass is 9.85. The number of aliphatic hydroxyl groups is 2. The highest BCUT2D eigenvalue weighted by Crippen LogP contribution is 2.41. The lowest BCUT2D eigenvalue weighted by Gasteiger charge is -2.40. The van der Waals surface area contributed by atoms with Crippen LogP contribution < -0.4 is 5.32 Å². The molecule has 5 atom stereocenters. The standard InChI is InChI=1S/C27H40N6O4/c1-15(2)22(25-28-19(10-11-37-25)16-6-7-16)29-24(35)21-12-18(34)13-32(21)26(36)23(27(3,4)5)33-14-20(30-31-33)17-8-9-17/h11,14-18,21-23,26,34,36H,6-9,12-13H2,1-5H3,(H,29,35). The second-order valence-electron chi connectivity index (χ2n) is 12.4. The third kappa shape index (κ3) is 5.67. The van der Waals surface area contributed by atoms with Crippen molar-refractivity contribution < 1.29 is 19.7 Å². The third-order valence-corrected chi connectivity index (χ3v) is 7.75. The van der Waals surface area contributed by atoms with E-state index in [1.807, 2.05) is 40.8 Å². The summed E-state index contributed by atoms with van der Waals surface area (Å²) in [5.74, 6) is 1.08. The Labute approximate surface area is 218 Å². The van der Waals surface area contributed by atoms with Crippen molar-refractivity contribution in [2.75, 3.05) is 6.54 Å². The molecule has 0 radical (unpaired) electrons. The number of aliphatic hydroxyl groups excluding tert-OH is 2. The van der Waals surface area contributed by atoms with Gasteiger partial charge in [-0.15, -0.1) is 5.10 Å². The Morgan fingerprint density at radius 1 is 1.22 bits per heavy atom. The molecule has 0 aromatic carbocycles. The van der Waals surface area contributed by atoms with Crippen molar-refractivity contribution in [1.82, 2.24) is 25.2 Å². The fraction of sp³-hybridized carbons (Fsp3) is 0.741. The summed E-state index contributed by atoms with van der Waals surface area (Å²) in [5.41, 5.74) is 4.51. The summed E-state index contributed by atoms with van der Waals surface area (Å²) in [7, 11) is 0. The molecule has 202 valence electrons. The number of hydrogen-bond donors (Lipinski definition) is 3. The molecule has 3 N–H and O–H groups in total. The van der Waals surface area contributed by atoms with E-state index in [0.717, 1.165) is 37.1 Å². The number of carbonyl (C=O) groups excluding carboxylic acids is 1. The second-order valence-corrected chi connectivity index (χ2v) is 12.4. The summed E-state index contributed by atoms with van der Waals surface area (Å²) in [6, 6.07) is -1.61. The largest absolute Gasteiger partial charge is 0.440 e. The maximum absolute atomic E-state index is 13.6. The van der Waals surface area contributed by atoms with Crippen molar-refractivity contribution in [3.8, 4) is 0 Å². The van der Waals surface area contributed by atoms with Gasteiger partial charge in [0.15, 0.2) is 0 Å². The number of amides is 1. The zero-order valence-electron chi connectivity index (χ0n) is 22.5. The molecule has 1 aromatic rings. The van der Waals surface area contributed by atoms with E-state index in [4.69, 9.17) is 4.74 Å². The number of aromatic nitrogens is 3. The van der Waals surface area contributed by atoms with Crippen LogP contribution in [0, 0.1) is 17.3 Å². The third-order valence-electron chi connectivity index (χ3n) is 7.75. The fourth-order valence-electron chi connectivity index (χ4n) is 5.34. The molecule has 1 aromatic heterocycles. The molecule has 37 heavy (non-hydrogen) atoms. The van der Waals surface area contributed by atoms with E-state index in [2.05, 4.69) is 26.4 Å². The van der Waals surface area contributed by atoms with Crippen LogP contribution in [-0.4, -0.2) is 72.9 Å². The summed E-state index contributed by atoms with van der Waals surface area (Å²) >= 11 is 0. The van der Waals surface area contributed by atoms with E-state index in [-0.39, 0.29) is 30.2 Å². The molecule has 2 aliphatic carbocycles. The minimum absolute atomic E-state index is 0.0256. The van der Waals surface area contributed by atoms with Crippen molar-refractivity contribution in [1.29, 1.82) is 0 Å². The zero-order chi connectivity index (χ0) is 26.5. The smallest absolute Gasteiger partial charge is 0.238 e. The molecule has 5 rings (SSSR count).